The highest BCUT2D eigenvalue weighted by Gasteiger charge is 2.42. The number of nitrogens with one attached hydrogen (secondary N) is 1. The molecule has 0 aliphatic carbocycles. The van der Waals surface area contributed by atoms with Gasteiger partial charge in [-0.05, 0) is 12.5 Å². The van der Waals surface area contributed by atoms with E-state index in [9.17, 15) is 14.4 Å². The van der Waals surface area contributed by atoms with Crippen molar-refractivity contribution in [2.45, 2.75) is 13.0 Å². The lowest BCUT2D eigenvalue weighted by Crippen LogP contribution is -2.57. The van der Waals surface area contributed by atoms with Crippen molar-refractivity contribution in [2.24, 2.45) is 10.9 Å². The van der Waals surface area contributed by atoms with Crippen LogP contribution in [0.4, 0.5) is 0 Å². The van der Waals surface area contributed by atoms with Gasteiger partial charge in [-0.1, -0.05) is 30.3 Å². The summed E-state index contributed by atoms with van der Waals surface area (Å²) in [6.45, 7) is 4.18. The molecule has 1 aromatic rings. The van der Waals surface area contributed by atoms with Crippen LogP contribution >= 0.6 is 0 Å². The van der Waals surface area contributed by atoms with Crippen molar-refractivity contribution in [1.82, 2.24) is 15.1 Å². The first-order chi connectivity index (χ1) is 12.6. The van der Waals surface area contributed by atoms with E-state index in [1.807, 2.05) is 35.2 Å². The van der Waals surface area contributed by atoms with Crippen LogP contribution in [0.25, 0.3) is 0 Å². The zero-order valence-electron chi connectivity index (χ0n) is 14.6. The number of rotatable bonds is 4. The Balaban J connectivity index is 1.89. The fourth-order valence-electron chi connectivity index (χ4n) is 3.15. The highest BCUT2D eigenvalue weighted by atomic mass is 16.5. The van der Waals surface area contributed by atoms with Crippen molar-refractivity contribution >= 4 is 24.2 Å². The number of carbonyl (C=O) groups excluding carboxylic acids is 3. The third-order valence-corrected chi connectivity index (χ3v) is 4.54. The van der Waals surface area contributed by atoms with Crippen LogP contribution in [-0.2, 0) is 19.1 Å². The summed E-state index contributed by atoms with van der Waals surface area (Å²) in [5, 5.41) is 2.74. The second-order valence-electron chi connectivity index (χ2n) is 6.16. The van der Waals surface area contributed by atoms with Gasteiger partial charge in [0.25, 0.3) is 0 Å². The van der Waals surface area contributed by atoms with Crippen LogP contribution in [0.5, 0.6) is 0 Å². The van der Waals surface area contributed by atoms with E-state index in [0.29, 0.717) is 32.1 Å². The van der Waals surface area contributed by atoms with Gasteiger partial charge in [-0.2, -0.15) is 0 Å². The first kappa shape index (κ1) is 17.9. The number of ether oxygens (including phenoxy) is 1. The quantitative estimate of drug-likeness (QED) is 0.471. The summed E-state index contributed by atoms with van der Waals surface area (Å²) >= 11 is 0. The number of amides is 2. The number of hydrogen-bond donors (Lipinski definition) is 1. The summed E-state index contributed by atoms with van der Waals surface area (Å²) in [7, 11) is 0. The van der Waals surface area contributed by atoms with E-state index < -0.39 is 23.8 Å². The standard InChI is InChI=1S/C18H22N4O4/c1-2-26-17(25)14-15(13-6-4-3-5-7-13)19-18(20-16(14)24)22-10-8-21(12-23)9-11-22/h3-7,12,14-15H,2,8-11H2,1H3,(H,19,20,24)/t14-,15+/m1/s1. The Kier molecular flexibility index (Phi) is 5.50. The Morgan fingerprint density at radius 3 is 2.58 bits per heavy atom. The Morgan fingerprint density at radius 1 is 1.27 bits per heavy atom. The maximum Gasteiger partial charge on any atom is 0.321 e. The summed E-state index contributed by atoms with van der Waals surface area (Å²) in [6.07, 6.45) is 0.822. The number of nitrogens with zero attached hydrogens (tertiary/aromatic N) is 3. The second kappa shape index (κ2) is 7.99. The molecule has 1 saturated heterocycles. The van der Waals surface area contributed by atoms with Crippen LogP contribution in [-0.4, -0.2) is 66.8 Å². The van der Waals surface area contributed by atoms with Crippen LogP contribution in [0.15, 0.2) is 35.3 Å². The van der Waals surface area contributed by atoms with E-state index in [1.165, 1.54) is 0 Å². The lowest BCUT2D eigenvalue weighted by Gasteiger charge is -2.37. The van der Waals surface area contributed by atoms with Gasteiger partial charge in [0.05, 0.1) is 6.61 Å². The van der Waals surface area contributed by atoms with Gasteiger partial charge in [0.15, 0.2) is 5.92 Å². The summed E-state index contributed by atoms with van der Waals surface area (Å²) in [6, 6.07) is 8.63. The van der Waals surface area contributed by atoms with Gasteiger partial charge in [-0.3, -0.25) is 19.7 Å². The number of aliphatic imine (C=N–C) groups is 1. The van der Waals surface area contributed by atoms with Gasteiger partial charge in [-0.15, -0.1) is 0 Å². The maximum absolute atomic E-state index is 12.7. The van der Waals surface area contributed by atoms with E-state index in [-0.39, 0.29) is 6.61 Å². The highest BCUT2D eigenvalue weighted by molar-refractivity contribution is 6.08. The molecule has 8 nitrogen and oxygen atoms in total. The minimum absolute atomic E-state index is 0.203. The summed E-state index contributed by atoms with van der Waals surface area (Å²) in [5.41, 5.74) is 0.782. The largest absolute Gasteiger partial charge is 0.465 e. The van der Waals surface area contributed by atoms with Crippen LogP contribution in [0.1, 0.15) is 18.5 Å². The molecule has 2 amide bonds. The Bertz CT molecular complexity index is 698. The van der Waals surface area contributed by atoms with Crippen molar-refractivity contribution < 1.29 is 19.1 Å². The van der Waals surface area contributed by atoms with Crippen LogP contribution in [0, 0.1) is 5.92 Å². The first-order valence-corrected chi connectivity index (χ1v) is 8.68. The van der Waals surface area contributed by atoms with Crippen molar-refractivity contribution in [1.29, 1.82) is 0 Å². The van der Waals surface area contributed by atoms with Crippen molar-refractivity contribution in [3.05, 3.63) is 35.9 Å². The molecule has 0 unspecified atom stereocenters. The van der Waals surface area contributed by atoms with E-state index in [1.54, 1.807) is 11.8 Å². The normalized spacial score (nSPS) is 23.1. The smallest absolute Gasteiger partial charge is 0.321 e. The zero-order chi connectivity index (χ0) is 18.5. The van der Waals surface area contributed by atoms with E-state index >= 15 is 0 Å². The number of hydrogen-bond acceptors (Lipinski definition) is 6. The number of piperazine rings is 1. The summed E-state index contributed by atoms with van der Waals surface area (Å²) in [4.78, 5) is 44.2. The van der Waals surface area contributed by atoms with Gasteiger partial charge in [-0.25, -0.2) is 4.99 Å². The molecule has 1 N–H and O–H groups in total. The molecule has 26 heavy (non-hydrogen) atoms. The van der Waals surface area contributed by atoms with E-state index in [4.69, 9.17) is 4.74 Å². The van der Waals surface area contributed by atoms with Gasteiger partial charge in [0.2, 0.25) is 18.3 Å². The number of carbonyl (C=O) groups is 3. The highest BCUT2D eigenvalue weighted by Crippen LogP contribution is 2.30. The van der Waals surface area contributed by atoms with Gasteiger partial charge < -0.3 is 14.5 Å². The zero-order valence-corrected chi connectivity index (χ0v) is 14.6. The van der Waals surface area contributed by atoms with Gasteiger partial charge >= 0.3 is 5.97 Å². The lowest BCUT2D eigenvalue weighted by molar-refractivity contribution is -0.153. The Hall–Kier alpha value is -2.90. The fraction of sp³-hybridized carbons (Fsp3) is 0.444. The molecule has 2 heterocycles. The number of esters is 1. The average molecular weight is 358 g/mol. The minimum Gasteiger partial charge on any atom is -0.465 e. The predicted molar refractivity (Wildman–Crippen MR) is 94.1 cm³/mol. The topological polar surface area (TPSA) is 91.3 Å². The third-order valence-electron chi connectivity index (χ3n) is 4.54. The molecule has 0 saturated carbocycles. The van der Waals surface area contributed by atoms with Gasteiger partial charge in [0, 0.05) is 26.2 Å². The lowest BCUT2D eigenvalue weighted by atomic mass is 9.91. The number of benzene rings is 1. The molecule has 0 spiro atoms. The maximum atomic E-state index is 12.7. The third kappa shape index (κ3) is 3.68. The monoisotopic (exact) mass is 358 g/mol. The molecular formula is C18H22N4O4. The molecule has 3 rings (SSSR count). The molecule has 0 bridgehead atoms. The SMILES string of the molecule is CCOC(=O)[C@H]1C(=O)NC(N2CCN(C=O)CC2)=N[C@H]1c1ccccc1. The Labute approximate surface area is 151 Å². The number of guanidine groups is 1. The molecule has 138 valence electrons. The molecular weight excluding hydrogens is 336 g/mol. The summed E-state index contributed by atoms with van der Waals surface area (Å²) in [5.74, 6) is -1.57. The molecule has 1 fully saturated rings. The molecule has 2 aliphatic rings. The van der Waals surface area contributed by atoms with Gasteiger partial charge in [0.1, 0.15) is 6.04 Å². The molecule has 2 atom stereocenters. The van der Waals surface area contributed by atoms with Crippen molar-refractivity contribution in [3.63, 3.8) is 0 Å². The van der Waals surface area contributed by atoms with Crippen LogP contribution in [0.3, 0.4) is 0 Å². The molecule has 2 aliphatic heterocycles. The Morgan fingerprint density at radius 2 is 1.96 bits per heavy atom. The second-order valence-corrected chi connectivity index (χ2v) is 6.16. The molecule has 0 radical (unpaired) electrons. The van der Waals surface area contributed by atoms with Crippen LogP contribution < -0.4 is 5.32 Å². The van der Waals surface area contributed by atoms with E-state index in [0.717, 1.165) is 12.0 Å². The predicted octanol–water partition coefficient (Wildman–Crippen LogP) is 0.167. The average Bonchev–Trinajstić information content (AvgIpc) is 2.68. The fourth-order valence-corrected chi connectivity index (χ4v) is 3.15. The van der Waals surface area contributed by atoms with Crippen molar-refractivity contribution in [3.8, 4) is 0 Å². The molecule has 1 aromatic carbocycles. The molecule has 0 aromatic heterocycles. The van der Waals surface area contributed by atoms with E-state index in [2.05, 4.69) is 10.3 Å². The van der Waals surface area contributed by atoms with Crippen LogP contribution in [0.2, 0.25) is 0 Å². The molecule has 8 heteroatoms. The first-order valence-electron chi connectivity index (χ1n) is 8.68. The van der Waals surface area contributed by atoms with Crippen molar-refractivity contribution in [2.75, 3.05) is 32.8 Å². The summed E-state index contributed by atoms with van der Waals surface area (Å²) < 4.78 is 5.08. The minimum atomic E-state index is -1.02.